The molecule has 0 aliphatic carbocycles. The Balaban J connectivity index is 1.62. The number of H-pyrrole nitrogens is 1. The molecule has 0 saturated heterocycles. The van der Waals surface area contributed by atoms with Crippen LogP contribution >= 0.6 is 0 Å². The molecule has 0 saturated carbocycles. The molecular weight excluding hydrogens is 388 g/mol. The number of aromatic amines is 1. The highest BCUT2D eigenvalue weighted by Gasteiger charge is 2.17. The predicted octanol–water partition coefficient (Wildman–Crippen LogP) is 4.38. The first-order valence-corrected chi connectivity index (χ1v) is 10.9. The number of benzene rings is 1. The van der Waals surface area contributed by atoms with E-state index in [1.807, 2.05) is 0 Å². The number of hydrogen-bond acceptors (Lipinski definition) is 5. The minimum absolute atomic E-state index is 0.327. The molecule has 1 N–H and O–H groups in total. The van der Waals surface area contributed by atoms with E-state index in [4.69, 9.17) is 10.1 Å². The molecule has 0 fully saturated rings. The summed E-state index contributed by atoms with van der Waals surface area (Å²) in [7, 11) is 0. The van der Waals surface area contributed by atoms with Crippen LogP contribution in [0.3, 0.4) is 0 Å². The SMILES string of the molecule is CCCCc1nc(C(C)C)nn1Cc1ccc(-n2c(C)cc(C)c2-c2nnn[nH]2)cc1. The van der Waals surface area contributed by atoms with Crippen molar-refractivity contribution in [1.29, 1.82) is 0 Å². The molecule has 0 spiro atoms. The van der Waals surface area contributed by atoms with Gasteiger partial charge in [0, 0.05) is 23.7 Å². The Kier molecular flexibility index (Phi) is 5.97. The van der Waals surface area contributed by atoms with Crippen molar-refractivity contribution in [2.45, 2.75) is 66.3 Å². The van der Waals surface area contributed by atoms with E-state index in [0.717, 1.165) is 60.1 Å². The fourth-order valence-corrected chi connectivity index (χ4v) is 3.89. The Labute approximate surface area is 182 Å². The average Bonchev–Trinajstić information content (AvgIpc) is 3.46. The lowest BCUT2D eigenvalue weighted by atomic mass is 10.2. The van der Waals surface area contributed by atoms with Crippen molar-refractivity contribution in [2.24, 2.45) is 0 Å². The highest BCUT2D eigenvalue weighted by molar-refractivity contribution is 5.61. The highest BCUT2D eigenvalue weighted by atomic mass is 15.5. The number of unbranched alkanes of at least 4 members (excludes halogenated alkanes) is 1. The van der Waals surface area contributed by atoms with Crippen molar-refractivity contribution in [2.75, 3.05) is 0 Å². The van der Waals surface area contributed by atoms with Crippen molar-refractivity contribution in [3.05, 3.63) is 58.8 Å². The average molecular weight is 419 g/mol. The van der Waals surface area contributed by atoms with Gasteiger partial charge >= 0.3 is 0 Å². The van der Waals surface area contributed by atoms with Crippen LogP contribution < -0.4 is 0 Å². The molecule has 0 radical (unpaired) electrons. The number of hydrogen-bond donors (Lipinski definition) is 1. The number of rotatable bonds is 8. The summed E-state index contributed by atoms with van der Waals surface area (Å²) in [6.07, 6.45) is 3.24. The summed E-state index contributed by atoms with van der Waals surface area (Å²) in [4.78, 5) is 4.79. The fourth-order valence-electron chi connectivity index (χ4n) is 3.89. The molecule has 8 heteroatoms. The van der Waals surface area contributed by atoms with E-state index in [2.05, 4.69) is 94.8 Å². The van der Waals surface area contributed by atoms with Crippen molar-refractivity contribution in [3.63, 3.8) is 0 Å². The molecule has 0 unspecified atom stereocenters. The topological polar surface area (TPSA) is 90.1 Å². The van der Waals surface area contributed by atoms with Crippen molar-refractivity contribution in [1.82, 2.24) is 40.0 Å². The lowest BCUT2D eigenvalue weighted by Crippen LogP contribution is -2.08. The molecule has 0 bridgehead atoms. The lowest BCUT2D eigenvalue weighted by molar-refractivity contribution is 0.610. The van der Waals surface area contributed by atoms with Gasteiger partial charge in [0.05, 0.1) is 12.2 Å². The zero-order valence-electron chi connectivity index (χ0n) is 18.9. The van der Waals surface area contributed by atoms with E-state index in [1.54, 1.807) is 0 Å². The maximum absolute atomic E-state index is 4.79. The summed E-state index contributed by atoms with van der Waals surface area (Å²) < 4.78 is 4.25. The van der Waals surface area contributed by atoms with Gasteiger partial charge in [-0.15, -0.1) is 5.10 Å². The minimum atomic E-state index is 0.327. The maximum Gasteiger partial charge on any atom is 0.196 e. The van der Waals surface area contributed by atoms with Crippen LogP contribution in [-0.4, -0.2) is 40.0 Å². The van der Waals surface area contributed by atoms with E-state index < -0.39 is 0 Å². The maximum atomic E-state index is 4.79. The van der Waals surface area contributed by atoms with Gasteiger partial charge < -0.3 is 4.57 Å². The smallest absolute Gasteiger partial charge is 0.196 e. The molecule has 4 aromatic rings. The second-order valence-electron chi connectivity index (χ2n) is 8.37. The first kappa shape index (κ1) is 21.0. The zero-order chi connectivity index (χ0) is 22.0. The number of aromatic nitrogens is 8. The van der Waals surface area contributed by atoms with Crippen molar-refractivity contribution < 1.29 is 0 Å². The van der Waals surface area contributed by atoms with Gasteiger partial charge in [-0.05, 0) is 60.0 Å². The Hall–Kier alpha value is -3.29. The highest BCUT2D eigenvalue weighted by Crippen LogP contribution is 2.28. The predicted molar refractivity (Wildman–Crippen MR) is 120 cm³/mol. The monoisotopic (exact) mass is 418 g/mol. The Morgan fingerprint density at radius 1 is 1.10 bits per heavy atom. The molecule has 31 heavy (non-hydrogen) atoms. The van der Waals surface area contributed by atoms with E-state index in [0.29, 0.717) is 11.7 Å². The number of nitrogens with one attached hydrogen (secondary N) is 1. The number of aryl methyl sites for hydroxylation is 3. The molecule has 8 nitrogen and oxygen atoms in total. The standard InChI is InChI=1S/C23H30N8/c1-6-7-8-20-24-22(15(2)3)27-30(20)14-18-9-11-19(12-10-18)31-17(5)13-16(4)21(31)23-25-28-29-26-23/h9-13,15H,6-8,14H2,1-5H3,(H,25,26,28,29). The summed E-state index contributed by atoms with van der Waals surface area (Å²) in [5.41, 5.74) is 5.52. The van der Waals surface area contributed by atoms with Gasteiger partial charge in [0.1, 0.15) is 5.82 Å². The van der Waals surface area contributed by atoms with Gasteiger partial charge in [-0.2, -0.15) is 5.10 Å². The van der Waals surface area contributed by atoms with Crippen LogP contribution in [0.4, 0.5) is 0 Å². The van der Waals surface area contributed by atoms with Gasteiger partial charge in [0.25, 0.3) is 0 Å². The number of tetrazole rings is 1. The Bertz CT molecular complexity index is 1130. The minimum Gasteiger partial charge on any atom is -0.311 e. The van der Waals surface area contributed by atoms with Gasteiger partial charge in [-0.25, -0.2) is 14.8 Å². The molecule has 0 amide bonds. The van der Waals surface area contributed by atoms with Crippen molar-refractivity contribution in [3.8, 4) is 17.2 Å². The fraction of sp³-hybridized carbons (Fsp3) is 0.435. The van der Waals surface area contributed by atoms with Crippen LogP contribution in [0.25, 0.3) is 17.2 Å². The van der Waals surface area contributed by atoms with Crippen LogP contribution in [0.15, 0.2) is 30.3 Å². The second kappa shape index (κ2) is 8.83. The van der Waals surface area contributed by atoms with Gasteiger partial charge in [0.15, 0.2) is 11.6 Å². The van der Waals surface area contributed by atoms with E-state index in [9.17, 15) is 0 Å². The second-order valence-corrected chi connectivity index (χ2v) is 8.37. The van der Waals surface area contributed by atoms with Crippen LogP contribution in [0, 0.1) is 13.8 Å². The third-order valence-corrected chi connectivity index (χ3v) is 5.51. The first-order chi connectivity index (χ1) is 15.0. The third kappa shape index (κ3) is 4.28. The van der Waals surface area contributed by atoms with Crippen molar-refractivity contribution >= 4 is 0 Å². The lowest BCUT2D eigenvalue weighted by Gasteiger charge is -2.12. The molecule has 0 aliphatic rings. The first-order valence-electron chi connectivity index (χ1n) is 10.9. The van der Waals surface area contributed by atoms with Crippen LogP contribution in [0.2, 0.25) is 0 Å². The molecule has 1 aromatic carbocycles. The summed E-state index contributed by atoms with van der Waals surface area (Å²) in [6.45, 7) is 11.4. The van der Waals surface area contributed by atoms with E-state index >= 15 is 0 Å². The molecule has 3 aromatic heterocycles. The van der Waals surface area contributed by atoms with Crippen LogP contribution in [0.5, 0.6) is 0 Å². The molecule has 0 atom stereocenters. The largest absolute Gasteiger partial charge is 0.311 e. The van der Waals surface area contributed by atoms with Crippen LogP contribution in [0.1, 0.15) is 68.0 Å². The molecule has 162 valence electrons. The van der Waals surface area contributed by atoms with E-state index in [-0.39, 0.29) is 0 Å². The molecular formula is C23H30N8. The summed E-state index contributed by atoms with van der Waals surface area (Å²) >= 11 is 0. The third-order valence-electron chi connectivity index (χ3n) is 5.51. The molecule has 3 heterocycles. The summed E-state index contributed by atoms with van der Waals surface area (Å²) in [5.74, 6) is 2.99. The quantitative estimate of drug-likeness (QED) is 0.459. The van der Waals surface area contributed by atoms with Crippen LogP contribution in [-0.2, 0) is 13.0 Å². The van der Waals surface area contributed by atoms with E-state index in [1.165, 1.54) is 5.56 Å². The number of nitrogens with zero attached hydrogens (tertiary/aromatic N) is 7. The Morgan fingerprint density at radius 2 is 1.87 bits per heavy atom. The van der Waals surface area contributed by atoms with Gasteiger partial charge in [-0.1, -0.05) is 39.3 Å². The summed E-state index contributed by atoms with van der Waals surface area (Å²) in [5, 5.41) is 19.3. The normalized spacial score (nSPS) is 11.5. The molecule has 4 rings (SSSR count). The summed E-state index contributed by atoms with van der Waals surface area (Å²) in [6, 6.07) is 10.7. The van der Waals surface area contributed by atoms with Gasteiger partial charge in [0.2, 0.25) is 0 Å². The zero-order valence-corrected chi connectivity index (χ0v) is 18.9. The molecule has 0 aliphatic heterocycles. The Morgan fingerprint density at radius 3 is 2.52 bits per heavy atom. The van der Waals surface area contributed by atoms with Gasteiger partial charge in [-0.3, -0.25) is 0 Å².